The van der Waals surface area contributed by atoms with Crippen molar-refractivity contribution in [1.82, 2.24) is 9.80 Å². The minimum absolute atomic E-state index is 0.0398. The molecule has 1 saturated heterocycles. The molecule has 1 aliphatic heterocycles. The summed E-state index contributed by atoms with van der Waals surface area (Å²) in [6, 6.07) is 14.9. The number of amides is 3. The van der Waals surface area contributed by atoms with Crippen molar-refractivity contribution in [2.75, 3.05) is 38.6 Å². The predicted molar refractivity (Wildman–Crippen MR) is 115 cm³/mol. The molecule has 2 aromatic carbocycles. The van der Waals surface area contributed by atoms with Crippen molar-refractivity contribution in [1.29, 1.82) is 0 Å². The Morgan fingerprint density at radius 3 is 2.24 bits per heavy atom. The largest absolute Gasteiger partial charge is 0.497 e. The minimum atomic E-state index is -0.129. The molecule has 0 bridgehead atoms. The summed E-state index contributed by atoms with van der Waals surface area (Å²) in [5.41, 5.74) is 2.47. The topological polar surface area (TPSA) is 61.9 Å². The van der Waals surface area contributed by atoms with Gasteiger partial charge in [0.25, 0.3) is 5.91 Å². The second-order valence-electron chi connectivity index (χ2n) is 8.24. The SMILES string of the molecule is COc1cccc(C(=O)N2CCN(C(=O)Nc3ccccc3C(C)(C)C)CC2)c1. The van der Waals surface area contributed by atoms with Gasteiger partial charge in [0, 0.05) is 37.4 Å². The number of piperazine rings is 1. The first-order chi connectivity index (χ1) is 13.8. The number of carbonyl (C=O) groups is 2. The molecule has 29 heavy (non-hydrogen) atoms. The number of hydrogen-bond donors (Lipinski definition) is 1. The van der Waals surface area contributed by atoms with Gasteiger partial charge in [-0.05, 0) is 35.2 Å². The average Bonchev–Trinajstić information content (AvgIpc) is 2.73. The third-order valence-electron chi connectivity index (χ3n) is 5.15. The second-order valence-corrected chi connectivity index (χ2v) is 8.24. The third-order valence-corrected chi connectivity index (χ3v) is 5.15. The number of carbonyl (C=O) groups excluding carboxylic acids is 2. The van der Waals surface area contributed by atoms with Crippen LogP contribution < -0.4 is 10.1 Å². The van der Waals surface area contributed by atoms with E-state index in [4.69, 9.17) is 4.74 Å². The van der Waals surface area contributed by atoms with E-state index in [9.17, 15) is 9.59 Å². The molecule has 6 heteroatoms. The number of nitrogens with zero attached hydrogens (tertiary/aromatic N) is 2. The van der Waals surface area contributed by atoms with E-state index >= 15 is 0 Å². The van der Waals surface area contributed by atoms with Crippen LogP contribution in [0.15, 0.2) is 48.5 Å². The lowest BCUT2D eigenvalue weighted by molar-refractivity contribution is 0.0671. The van der Waals surface area contributed by atoms with Gasteiger partial charge in [-0.15, -0.1) is 0 Å². The summed E-state index contributed by atoms with van der Waals surface area (Å²) in [4.78, 5) is 29.1. The molecule has 0 spiro atoms. The molecule has 0 aliphatic carbocycles. The summed E-state index contributed by atoms with van der Waals surface area (Å²) >= 11 is 0. The standard InChI is InChI=1S/C23H29N3O3/c1-23(2,3)19-10-5-6-11-20(19)24-22(28)26-14-12-25(13-15-26)21(27)17-8-7-9-18(16-17)29-4/h5-11,16H,12-15H2,1-4H3,(H,24,28). The van der Waals surface area contributed by atoms with E-state index in [0.29, 0.717) is 37.5 Å². The molecule has 0 radical (unpaired) electrons. The predicted octanol–water partition coefficient (Wildman–Crippen LogP) is 3.98. The number of nitrogens with one attached hydrogen (secondary N) is 1. The molecule has 1 aliphatic rings. The number of urea groups is 1. The van der Waals surface area contributed by atoms with Gasteiger partial charge in [-0.3, -0.25) is 4.79 Å². The monoisotopic (exact) mass is 395 g/mol. The van der Waals surface area contributed by atoms with E-state index in [2.05, 4.69) is 26.1 Å². The molecular weight excluding hydrogens is 366 g/mol. The fourth-order valence-electron chi connectivity index (χ4n) is 3.49. The first kappa shape index (κ1) is 20.7. The maximum absolute atomic E-state index is 12.8. The zero-order valence-corrected chi connectivity index (χ0v) is 17.6. The van der Waals surface area contributed by atoms with Crippen molar-refractivity contribution in [2.24, 2.45) is 0 Å². The van der Waals surface area contributed by atoms with Crippen molar-refractivity contribution >= 4 is 17.6 Å². The maximum atomic E-state index is 12.8. The zero-order valence-electron chi connectivity index (χ0n) is 17.6. The number of para-hydroxylation sites is 1. The Kier molecular flexibility index (Phi) is 6.11. The van der Waals surface area contributed by atoms with Crippen LogP contribution in [0.1, 0.15) is 36.7 Å². The molecule has 154 valence electrons. The molecule has 1 fully saturated rings. The maximum Gasteiger partial charge on any atom is 0.321 e. The fraction of sp³-hybridized carbons (Fsp3) is 0.391. The molecule has 0 saturated carbocycles. The number of benzene rings is 2. The highest BCUT2D eigenvalue weighted by Crippen LogP contribution is 2.29. The molecule has 1 N–H and O–H groups in total. The minimum Gasteiger partial charge on any atom is -0.497 e. The van der Waals surface area contributed by atoms with Crippen LogP contribution in [0.5, 0.6) is 5.75 Å². The molecule has 6 nitrogen and oxygen atoms in total. The summed E-state index contributed by atoms with van der Waals surface area (Å²) in [7, 11) is 1.58. The Hall–Kier alpha value is -3.02. The number of methoxy groups -OCH3 is 1. The molecule has 0 unspecified atom stereocenters. The van der Waals surface area contributed by atoms with Crippen molar-refractivity contribution in [2.45, 2.75) is 26.2 Å². The van der Waals surface area contributed by atoms with Crippen LogP contribution in [0.25, 0.3) is 0 Å². The first-order valence-corrected chi connectivity index (χ1v) is 9.88. The second kappa shape index (κ2) is 8.55. The van der Waals surface area contributed by atoms with Crippen molar-refractivity contribution < 1.29 is 14.3 Å². The Morgan fingerprint density at radius 1 is 0.931 bits per heavy atom. The lowest BCUT2D eigenvalue weighted by atomic mass is 9.86. The number of hydrogen-bond acceptors (Lipinski definition) is 3. The van der Waals surface area contributed by atoms with Crippen LogP contribution in [0, 0.1) is 0 Å². The summed E-state index contributed by atoms with van der Waals surface area (Å²) in [5, 5.41) is 3.04. The quantitative estimate of drug-likeness (QED) is 0.855. The van der Waals surface area contributed by atoms with Crippen LogP contribution >= 0.6 is 0 Å². The van der Waals surface area contributed by atoms with Gasteiger partial charge in [0.05, 0.1) is 7.11 Å². The molecule has 0 atom stereocenters. The Bertz CT molecular complexity index is 881. The average molecular weight is 396 g/mol. The number of anilines is 1. The van der Waals surface area contributed by atoms with Crippen LogP contribution in [0.3, 0.4) is 0 Å². The lowest BCUT2D eigenvalue weighted by Gasteiger charge is -2.35. The smallest absolute Gasteiger partial charge is 0.321 e. The Labute approximate surface area is 172 Å². The zero-order chi connectivity index (χ0) is 21.0. The van der Waals surface area contributed by atoms with E-state index in [1.807, 2.05) is 36.4 Å². The summed E-state index contributed by atoms with van der Waals surface area (Å²) in [6.07, 6.45) is 0. The third kappa shape index (κ3) is 4.88. The Morgan fingerprint density at radius 2 is 1.59 bits per heavy atom. The van der Waals surface area contributed by atoms with Gasteiger partial charge < -0.3 is 19.9 Å². The van der Waals surface area contributed by atoms with Crippen molar-refractivity contribution in [3.8, 4) is 5.75 Å². The van der Waals surface area contributed by atoms with Gasteiger partial charge in [-0.1, -0.05) is 45.0 Å². The molecule has 3 amide bonds. The molecule has 2 aromatic rings. The van der Waals surface area contributed by atoms with E-state index in [1.165, 1.54) is 0 Å². The van der Waals surface area contributed by atoms with Gasteiger partial charge in [-0.2, -0.15) is 0 Å². The highest BCUT2D eigenvalue weighted by molar-refractivity contribution is 5.95. The van der Waals surface area contributed by atoms with Gasteiger partial charge >= 0.3 is 6.03 Å². The van der Waals surface area contributed by atoms with Crippen molar-refractivity contribution in [3.63, 3.8) is 0 Å². The van der Waals surface area contributed by atoms with Gasteiger partial charge in [0.15, 0.2) is 0 Å². The molecular formula is C23H29N3O3. The van der Waals surface area contributed by atoms with E-state index in [0.717, 1.165) is 11.3 Å². The van der Waals surface area contributed by atoms with Crippen LogP contribution in [0.4, 0.5) is 10.5 Å². The fourth-order valence-corrected chi connectivity index (χ4v) is 3.49. The molecule has 0 aromatic heterocycles. The van der Waals surface area contributed by atoms with Gasteiger partial charge in [0.1, 0.15) is 5.75 Å². The summed E-state index contributed by atoms with van der Waals surface area (Å²) in [6.45, 7) is 8.38. The van der Waals surface area contributed by atoms with Gasteiger partial charge in [0.2, 0.25) is 0 Å². The summed E-state index contributed by atoms with van der Waals surface area (Å²) in [5.74, 6) is 0.619. The van der Waals surface area contributed by atoms with Gasteiger partial charge in [-0.25, -0.2) is 4.79 Å². The summed E-state index contributed by atoms with van der Waals surface area (Å²) < 4.78 is 5.20. The highest BCUT2D eigenvalue weighted by Gasteiger charge is 2.26. The van der Waals surface area contributed by atoms with Crippen molar-refractivity contribution in [3.05, 3.63) is 59.7 Å². The molecule has 1 heterocycles. The van der Waals surface area contributed by atoms with E-state index < -0.39 is 0 Å². The number of rotatable bonds is 3. The lowest BCUT2D eigenvalue weighted by Crippen LogP contribution is -2.51. The Balaban J connectivity index is 1.61. The van der Waals surface area contributed by atoms with E-state index in [-0.39, 0.29) is 17.4 Å². The van der Waals surface area contributed by atoms with E-state index in [1.54, 1.807) is 29.0 Å². The first-order valence-electron chi connectivity index (χ1n) is 9.88. The highest BCUT2D eigenvalue weighted by atomic mass is 16.5. The normalized spacial score (nSPS) is 14.5. The van der Waals surface area contributed by atoms with Crippen LogP contribution in [0.2, 0.25) is 0 Å². The molecule has 3 rings (SSSR count). The number of ether oxygens (including phenoxy) is 1. The van der Waals surface area contributed by atoms with Crippen LogP contribution in [-0.2, 0) is 5.41 Å². The van der Waals surface area contributed by atoms with Crippen LogP contribution in [-0.4, -0.2) is 55.0 Å².